The van der Waals surface area contributed by atoms with Crippen LogP contribution in [0.1, 0.15) is 49.7 Å². The molecule has 3 aliphatic heterocycles. The molecule has 0 atom stereocenters. The van der Waals surface area contributed by atoms with Crippen LogP contribution < -0.4 is 11.1 Å². The van der Waals surface area contributed by atoms with Crippen molar-refractivity contribution in [3.8, 4) is 11.1 Å². The fourth-order valence-electron chi connectivity index (χ4n) is 7.64. The summed E-state index contributed by atoms with van der Waals surface area (Å²) in [6, 6.07) is 7.78. The molecule has 1 amide bonds. The van der Waals surface area contributed by atoms with E-state index in [-0.39, 0.29) is 53.5 Å². The number of piperidine rings is 3. The van der Waals surface area contributed by atoms with Gasteiger partial charge in [0.15, 0.2) is 0 Å². The summed E-state index contributed by atoms with van der Waals surface area (Å²) >= 11 is 0. The van der Waals surface area contributed by atoms with Crippen molar-refractivity contribution in [3.63, 3.8) is 0 Å². The van der Waals surface area contributed by atoms with Crippen LogP contribution in [-0.4, -0.2) is 92.0 Å². The summed E-state index contributed by atoms with van der Waals surface area (Å²) in [5.41, 5.74) is 0.961. The standard InChI is InChI=1S/C39H44F2N6O5/c1-43-11-9-31-33(22-42-23-34(31)39(43)51)32-21-35(40)27(19-36(32)41)24-45-14-7-30(8-15-45)52-29-5-12-44(13-6-29)17-18-46-10-2-3-26(38(46)50)25-47-16-4-28(48)20-37(47)49/h2-3,9-11,19,21-23,29-30H,4-8,12-18,20,24-25H2,1H3. The summed E-state index contributed by atoms with van der Waals surface area (Å²) in [4.78, 5) is 59.6. The Morgan fingerprint density at radius 2 is 1.48 bits per heavy atom. The molecule has 3 aliphatic rings. The molecule has 3 saturated heterocycles. The monoisotopic (exact) mass is 714 g/mol. The number of benzene rings is 1. The average Bonchev–Trinajstić information content (AvgIpc) is 3.14. The molecule has 11 nitrogen and oxygen atoms in total. The van der Waals surface area contributed by atoms with Crippen molar-refractivity contribution in [2.75, 3.05) is 39.3 Å². The van der Waals surface area contributed by atoms with Crippen LogP contribution in [0.4, 0.5) is 8.78 Å². The SMILES string of the molecule is Cn1ccc2c(-c3cc(F)c(CN4CCC(OC5CCN(CCn6cccc(CN7CCC(=O)CC7=O)c6=O)CC5)CC4)cc3F)cncc2c1=O. The van der Waals surface area contributed by atoms with E-state index in [1.54, 1.807) is 41.0 Å². The van der Waals surface area contributed by atoms with Crippen molar-refractivity contribution in [2.24, 2.45) is 7.05 Å². The second-order valence-corrected chi connectivity index (χ2v) is 14.3. The lowest BCUT2D eigenvalue weighted by atomic mass is 9.99. The number of carbonyl (C=O) groups is 2. The van der Waals surface area contributed by atoms with E-state index >= 15 is 8.78 Å². The van der Waals surface area contributed by atoms with Gasteiger partial charge in [-0.2, -0.15) is 0 Å². The van der Waals surface area contributed by atoms with E-state index in [0.717, 1.165) is 58.4 Å². The van der Waals surface area contributed by atoms with Gasteiger partial charge in [0.1, 0.15) is 17.4 Å². The first-order chi connectivity index (χ1) is 25.1. The first kappa shape index (κ1) is 35.8. The Hall–Kier alpha value is -4.59. The zero-order valence-corrected chi connectivity index (χ0v) is 29.4. The molecule has 0 aliphatic carbocycles. The van der Waals surface area contributed by atoms with Crippen LogP contribution in [-0.2, 0) is 41.0 Å². The van der Waals surface area contributed by atoms with E-state index in [1.165, 1.54) is 29.1 Å². The first-order valence-electron chi connectivity index (χ1n) is 18.1. The summed E-state index contributed by atoms with van der Waals surface area (Å²) in [5, 5.41) is 0.878. The Labute approximate surface area is 300 Å². The van der Waals surface area contributed by atoms with E-state index in [4.69, 9.17) is 4.74 Å². The number of ketones is 1. The summed E-state index contributed by atoms with van der Waals surface area (Å²) in [6.07, 6.45) is 10.3. The third kappa shape index (κ3) is 7.91. The molecule has 3 aromatic heterocycles. The van der Waals surface area contributed by atoms with Crippen LogP contribution >= 0.6 is 0 Å². The van der Waals surface area contributed by atoms with Gasteiger partial charge in [-0.05, 0) is 55.3 Å². The van der Waals surface area contributed by atoms with E-state index in [0.29, 0.717) is 53.5 Å². The molecule has 3 fully saturated rings. The number of pyridine rings is 3. The smallest absolute Gasteiger partial charge is 0.259 e. The number of ether oxygens (including phenoxy) is 1. The molecule has 0 bridgehead atoms. The van der Waals surface area contributed by atoms with Crippen molar-refractivity contribution in [2.45, 2.75) is 70.4 Å². The van der Waals surface area contributed by atoms with Crippen LogP contribution in [0.5, 0.6) is 0 Å². The lowest BCUT2D eigenvalue weighted by Crippen LogP contribution is -2.43. The molecule has 6 heterocycles. The average molecular weight is 715 g/mol. The molecule has 0 unspecified atom stereocenters. The number of hydrogen-bond donors (Lipinski definition) is 0. The highest BCUT2D eigenvalue weighted by Crippen LogP contribution is 2.31. The van der Waals surface area contributed by atoms with Crippen LogP contribution in [0, 0.1) is 11.6 Å². The number of aromatic nitrogens is 3. The normalized spacial score (nSPS) is 18.5. The van der Waals surface area contributed by atoms with E-state index in [9.17, 15) is 19.2 Å². The van der Waals surface area contributed by atoms with Gasteiger partial charge in [0, 0.05) is 113 Å². The molecular formula is C39H44F2N6O5. The molecule has 0 saturated carbocycles. The maximum absolute atomic E-state index is 15.4. The quantitative estimate of drug-likeness (QED) is 0.228. The summed E-state index contributed by atoms with van der Waals surface area (Å²) in [6.45, 7) is 5.37. The molecule has 1 aromatic carbocycles. The van der Waals surface area contributed by atoms with E-state index in [2.05, 4.69) is 14.8 Å². The maximum Gasteiger partial charge on any atom is 0.259 e. The third-order valence-corrected chi connectivity index (χ3v) is 10.8. The molecule has 4 aromatic rings. The summed E-state index contributed by atoms with van der Waals surface area (Å²) < 4.78 is 40.5. The maximum atomic E-state index is 15.4. The minimum absolute atomic E-state index is 0.0502. The highest BCUT2D eigenvalue weighted by atomic mass is 19.1. The zero-order valence-electron chi connectivity index (χ0n) is 29.4. The number of rotatable bonds is 10. The topological polar surface area (TPSA) is 110 Å². The highest BCUT2D eigenvalue weighted by molar-refractivity contribution is 6.00. The number of fused-ring (bicyclic) bond motifs is 1. The van der Waals surface area contributed by atoms with Crippen molar-refractivity contribution >= 4 is 22.5 Å². The Morgan fingerprint density at radius 3 is 2.21 bits per heavy atom. The Balaban J connectivity index is 0.861. The van der Waals surface area contributed by atoms with Gasteiger partial charge >= 0.3 is 0 Å². The van der Waals surface area contributed by atoms with Crippen molar-refractivity contribution < 1.29 is 23.1 Å². The largest absolute Gasteiger partial charge is 0.375 e. The number of Topliss-reactive ketones (excluding diaryl/α,β-unsaturated/α-hetero) is 1. The van der Waals surface area contributed by atoms with Gasteiger partial charge in [0.25, 0.3) is 11.1 Å². The molecule has 0 spiro atoms. The Morgan fingerprint density at radius 1 is 0.750 bits per heavy atom. The predicted octanol–water partition coefficient (Wildman–Crippen LogP) is 3.88. The molecule has 0 radical (unpaired) electrons. The van der Waals surface area contributed by atoms with Gasteiger partial charge in [-0.15, -0.1) is 0 Å². The van der Waals surface area contributed by atoms with Gasteiger partial charge < -0.3 is 23.7 Å². The summed E-state index contributed by atoms with van der Waals surface area (Å²) in [7, 11) is 1.63. The molecule has 52 heavy (non-hydrogen) atoms. The first-order valence-corrected chi connectivity index (χ1v) is 18.1. The van der Waals surface area contributed by atoms with Crippen LogP contribution in [0.15, 0.2) is 64.7 Å². The minimum Gasteiger partial charge on any atom is -0.375 e. The zero-order chi connectivity index (χ0) is 36.4. The van der Waals surface area contributed by atoms with Gasteiger partial charge in [-0.3, -0.25) is 29.1 Å². The lowest BCUT2D eigenvalue weighted by molar-refractivity contribution is -0.139. The molecule has 0 N–H and O–H groups in total. The van der Waals surface area contributed by atoms with Crippen molar-refractivity contribution in [1.29, 1.82) is 0 Å². The molecular weight excluding hydrogens is 670 g/mol. The van der Waals surface area contributed by atoms with Gasteiger partial charge in [0.05, 0.1) is 30.6 Å². The van der Waals surface area contributed by atoms with Crippen LogP contribution in [0.25, 0.3) is 21.9 Å². The fourth-order valence-corrected chi connectivity index (χ4v) is 7.64. The Bertz CT molecular complexity index is 2080. The number of hydrogen-bond acceptors (Lipinski definition) is 8. The van der Waals surface area contributed by atoms with Crippen LogP contribution in [0.2, 0.25) is 0 Å². The van der Waals surface area contributed by atoms with E-state index in [1.807, 2.05) is 6.07 Å². The lowest BCUT2D eigenvalue weighted by Gasteiger charge is -2.37. The predicted molar refractivity (Wildman–Crippen MR) is 192 cm³/mol. The third-order valence-electron chi connectivity index (χ3n) is 10.8. The van der Waals surface area contributed by atoms with Crippen molar-refractivity contribution in [1.82, 2.24) is 28.8 Å². The van der Waals surface area contributed by atoms with Crippen molar-refractivity contribution in [3.05, 3.63) is 98.6 Å². The highest BCUT2D eigenvalue weighted by Gasteiger charge is 2.28. The Kier molecular flexibility index (Phi) is 10.7. The second-order valence-electron chi connectivity index (χ2n) is 14.3. The number of nitrogens with zero attached hydrogens (tertiary/aromatic N) is 6. The molecule has 13 heteroatoms. The van der Waals surface area contributed by atoms with E-state index < -0.39 is 11.6 Å². The van der Waals surface area contributed by atoms with Gasteiger partial charge in [0.2, 0.25) is 5.91 Å². The van der Waals surface area contributed by atoms with Gasteiger partial charge in [-0.1, -0.05) is 6.07 Å². The number of halogens is 2. The molecule has 274 valence electrons. The fraction of sp³-hybridized carbons (Fsp3) is 0.462. The number of amides is 1. The molecule has 7 rings (SSSR count). The van der Waals surface area contributed by atoms with Gasteiger partial charge in [-0.25, -0.2) is 8.78 Å². The number of aryl methyl sites for hydroxylation is 1. The number of likely N-dealkylation sites (tertiary alicyclic amines) is 3. The number of carbonyl (C=O) groups excluding carboxylic acids is 2. The second kappa shape index (κ2) is 15.6. The summed E-state index contributed by atoms with van der Waals surface area (Å²) in [5.74, 6) is -1.32. The minimum atomic E-state index is -0.554. The van der Waals surface area contributed by atoms with Crippen LogP contribution in [0.3, 0.4) is 0 Å².